The Balaban J connectivity index is 1.64. The van der Waals surface area contributed by atoms with E-state index in [2.05, 4.69) is 5.32 Å². The molecule has 0 atom stereocenters. The highest BCUT2D eigenvalue weighted by Gasteiger charge is 2.22. The number of nitrogens with one attached hydrogen (secondary N) is 1. The van der Waals surface area contributed by atoms with Crippen molar-refractivity contribution in [3.05, 3.63) is 12.2 Å². The largest absolute Gasteiger partial charge is 0.481 e. The normalized spacial score (nSPS) is 12.8. The Morgan fingerprint density at radius 1 is 0.500 bits per heavy atom. The first-order chi connectivity index (χ1) is 23.5. The van der Waals surface area contributed by atoms with Gasteiger partial charge in [0.2, 0.25) is 5.91 Å². The molecule has 48 heavy (non-hydrogen) atoms. The number of amides is 3. The molecule has 17 heteroatoms. The van der Waals surface area contributed by atoms with Crippen molar-refractivity contribution in [3.8, 4) is 0 Å². The molecule has 1 aliphatic heterocycles. The van der Waals surface area contributed by atoms with Gasteiger partial charge in [0.15, 0.2) is 0 Å². The van der Waals surface area contributed by atoms with Gasteiger partial charge in [-0.3, -0.25) is 24.1 Å². The lowest BCUT2D eigenvalue weighted by molar-refractivity contribution is -0.139. The summed E-state index contributed by atoms with van der Waals surface area (Å²) in [6.07, 6.45) is 2.96. The standard InChI is InChI=1S/C31H54N2O15/c34-28(2-5-31(37)38)32-6-1-8-39-10-12-41-14-16-43-18-20-45-22-24-47-26-27-48-25-23-46-21-19-44-17-15-42-13-11-40-9-7-33-29(35)3-4-30(33)36/h3-4H,1-2,5-27H2,(H,32,34)(H,37,38). The molecule has 0 saturated heterocycles. The molecular formula is C31H54N2O15. The minimum absolute atomic E-state index is 0.0156. The molecule has 0 unspecified atom stereocenters. The monoisotopic (exact) mass is 694 g/mol. The van der Waals surface area contributed by atoms with Gasteiger partial charge < -0.3 is 57.8 Å². The van der Waals surface area contributed by atoms with E-state index in [4.69, 9.17) is 52.5 Å². The number of hydrogen-bond acceptors (Lipinski definition) is 14. The highest BCUT2D eigenvalue weighted by Crippen LogP contribution is 2.02. The lowest BCUT2D eigenvalue weighted by Crippen LogP contribution is -2.33. The van der Waals surface area contributed by atoms with E-state index < -0.39 is 5.97 Å². The summed E-state index contributed by atoms with van der Waals surface area (Å²) in [5.74, 6) is -1.89. The molecule has 0 bridgehead atoms. The second-order valence-corrected chi connectivity index (χ2v) is 9.88. The van der Waals surface area contributed by atoms with Crippen LogP contribution in [0.1, 0.15) is 19.3 Å². The Hall–Kier alpha value is -2.58. The average molecular weight is 695 g/mol. The van der Waals surface area contributed by atoms with Gasteiger partial charge in [-0.25, -0.2) is 0 Å². The number of nitrogens with zero attached hydrogens (tertiary/aromatic N) is 1. The molecule has 0 aliphatic carbocycles. The fourth-order valence-corrected chi connectivity index (χ4v) is 3.60. The Kier molecular flexibility index (Phi) is 29.8. The summed E-state index contributed by atoms with van der Waals surface area (Å²) in [7, 11) is 0. The molecule has 0 fully saturated rings. The molecule has 17 nitrogen and oxygen atoms in total. The summed E-state index contributed by atoms with van der Waals surface area (Å²) in [6.45, 7) is 9.51. The van der Waals surface area contributed by atoms with Gasteiger partial charge in [-0.1, -0.05) is 0 Å². The highest BCUT2D eigenvalue weighted by molar-refractivity contribution is 6.12. The zero-order valence-electron chi connectivity index (χ0n) is 27.9. The summed E-state index contributed by atoms with van der Waals surface area (Å²) in [6, 6.07) is 0. The summed E-state index contributed by atoms with van der Waals surface area (Å²) >= 11 is 0. The van der Waals surface area contributed by atoms with Crippen LogP contribution in [0, 0.1) is 0 Å². The van der Waals surface area contributed by atoms with Crippen LogP contribution < -0.4 is 5.32 Å². The van der Waals surface area contributed by atoms with Crippen LogP contribution in [0.2, 0.25) is 0 Å². The molecular weight excluding hydrogens is 640 g/mol. The van der Waals surface area contributed by atoms with Crippen molar-refractivity contribution in [2.45, 2.75) is 19.3 Å². The van der Waals surface area contributed by atoms with Crippen molar-refractivity contribution < 1.29 is 71.7 Å². The van der Waals surface area contributed by atoms with Crippen LogP contribution in [0.5, 0.6) is 0 Å². The molecule has 0 aromatic carbocycles. The summed E-state index contributed by atoms with van der Waals surface area (Å²) in [5, 5.41) is 11.2. The third-order valence-electron chi connectivity index (χ3n) is 6.06. The Morgan fingerprint density at radius 2 is 0.812 bits per heavy atom. The SMILES string of the molecule is O=C(O)CCC(=O)NCCCOCCOCCOCCOCCOCCOCCOCCOCCOCCOCCN1C(=O)C=CC1=O. The first-order valence-corrected chi connectivity index (χ1v) is 16.3. The molecule has 1 rings (SSSR count). The number of imide groups is 1. The van der Waals surface area contributed by atoms with E-state index >= 15 is 0 Å². The minimum atomic E-state index is -0.988. The number of carboxylic acid groups (broad SMARTS) is 1. The van der Waals surface area contributed by atoms with Gasteiger partial charge in [0.05, 0.1) is 138 Å². The summed E-state index contributed by atoms with van der Waals surface area (Å²) in [5.41, 5.74) is 0. The first-order valence-electron chi connectivity index (χ1n) is 16.3. The van der Waals surface area contributed by atoms with Crippen molar-refractivity contribution in [1.82, 2.24) is 10.2 Å². The van der Waals surface area contributed by atoms with Crippen molar-refractivity contribution in [1.29, 1.82) is 0 Å². The fraction of sp³-hybridized carbons (Fsp3) is 0.806. The zero-order chi connectivity index (χ0) is 34.8. The smallest absolute Gasteiger partial charge is 0.303 e. The highest BCUT2D eigenvalue weighted by atomic mass is 16.6. The van der Waals surface area contributed by atoms with E-state index in [0.29, 0.717) is 138 Å². The van der Waals surface area contributed by atoms with Crippen LogP contribution in [0.4, 0.5) is 0 Å². The number of carbonyl (C=O) groups is 4. The molecule has 3 amide bonds. The zero-order valence-corrected chi connectivity index (χ0v) is 27.9. The predicted octanol–water partition coefficient (Wildman–Crippen LogP) is -0.551. The Labute approximate surface area is 282 Å². The lowest BCUT2D eigenvalue weighted by atomic mass is 10.3. The van der Waals surface area contributed by atoms with Crippen LogP contribution in [0.15, 0.2) is 12.2 Å². The summed E-state index contributed by atoms with van der Waals surface area (Å²) in [4.78, 5) is 45.7. The maximum atomic E-state index is 11.4. The summed E-state index contributed by atoms with van der Waals surface area (Å²) < 4.78 is 54.2. The van der Waals surface area contributed by atoms with Crippen LogP contribution in [0.3, 0.4) is 0 Å². The van der Waals surface area contributed by atoms with E-state index in [0.717, 1.165) is 4.90 Å². The number of rotatable bonds is 37. The molecule has 1 aliphatic rings. The van der Waals surface area contributed by atoms with Gasteiger partial charge in [-0.15, -0.1) is 0 Å². The number of carbonyl (C=O) groups excluding carboxylic acids is 3. The van der Waals surface area contributed by atoms with Crippen molar-refractivity contribution in [2.75, 3.05) is 145 Å². The van der Waals surface area contributed by atoms with E-state index in [1.54, 1.807) is 0 Å². The number of aliphatic carboxylic acids is 1. The number of ether oxygens (including phenoxy) is 10. The molecule has 2 N–H and O–H groups in total. The molecule has 278 valence electrons. The number of carboxylic acids is 1. The van der Waals surface area contributed by atoms with Crippen molar-refractivity contribution in [2.24, 2.45) is 0 Å². The molecule has 0 spiro atoms. The fourth-order valence-electron chi connectivity index (χ4n) is 3.60. The molecule has 0 radical (unpaired) electrons. The predicted molar refractivity (Wildman–Crippen MR) is 169 cm³/mol. The van der Waals surface area contributed by atoms with Gasteiger partial charge in [0.25, 0.3) is 11.8 Å². The number of hydrogen-bond donors (Lipinski definition) is 2. The van der Waals surface area contributed by atoms with E-state index in [-0.39, 0.29) is 43.7 Å². The molecule has 0 aromatic rings. The average Bonchev–Trinajstić information content (AvgIpc) is 3.39. The van der Waals surface area contributed by atoms with Crippen LogP contribution in [-0.4, -0.2) is 179 Å². The third-order valence-corrected chi connectivity index (χ3v) is 6.06. The van der Waals surface area contributed by atoms with Gasteiger partial charge in [0, 0.05) is 31.7 Å². The molecule has 0 aromatic heterocycles. The molecule has 0 saturated carbocycles. The van der Waals surface area contributed by atoms with E-state index in [1.807, 2.05) is 0 Å². The van der Waals surface area contributed by atoms with E-state index in [9.17, 15) is 19.2 Å². The van der Waals surface area contributed by atoms with Crippen LogP contribution in [-0.2, 0) is 66.5 Å². The Bertz CT molecular complexity index is 844. The topological polar surface area (TPSA) is 196 Å². The second-order valence-electron chi connectivity index (χ2n) is 9.88. The van der Waals surface area contributed by atoms with E-state index in [1.165, 1.54) is 12.2 Å². The lowest BCUT2D eigenvalue weighted by Gasteiger charge is -2.13. The van der Waals surface area contributed by atoms with Gasteiger partial charge in [0.1, 0.15) is 0 Å². The van der Waals surface area contributed by atoms with Gasteiger partial charge in [-0.05, 0) is 6.42 Å². The van der Waals surface area contributed by atoms with Crippen LogP contribution >= 0.6 is 0 Å². The maximum absolute atomic E-state index is 11.4. The second kappa shape index (κ2) is 32.9. The third kappa shape index (κ3) is 28.4. The van der Waals surface area contributed by atoms with Gasteiger partial charge >= 0.3 is 5.97 Å². The quantitative estimate of drug-likeness (QED) is 0.0620. The maximum Gasteiger partial charge on any atom is 0.303 e. The van der Waals surface area contributed by atoms with Crippen molar-refractivity contribution >= 4 is 23.7 Å². The Morgan fingerprint density at radius 3 is 1.15 bits per heavy atom. The van der Waals surface area contributed by atoms with Crippen molar-refractivity contribution in [3.63, 3.8) is 0 Å². The van der Waals surface area contributed by atoms with Gasteiger partial charge in [-0.2, -0.15) is 0 Å². The molecule has 1 heterocycles. The first kappa shape index (κ1) is 43.4. The van der Waals surface area contributed by atoms with Crippen LogP contribution in [0.25, 0.3) is 0 Å². The minimum Gasteiger partial charge on any atom is -0.481 e.